The van der Waals surface area contributed by atoms with Gasteiger partial charge in [-0.1, -0.05) is 12.8 Å². The van der Waals surface area contributed by atoms with Crippen LogP contribution < -0.4 is 11.5 Å². The fraction of sp³-hybridized carbons (Fsp3) is 0.917. The van der Waals surface area contributed by atoms with E-state index in [0.717, 1.165) is 45.2 Å². The normalized spacial score (nSPS) is 15.8. The molecule has 0 aliphatic carbocycles. The second kappa shape index (κ2) is 12.5. The van der Waals surface area contributed by atoms with E-state index in [9.17, 15) is 4.79 Å². The predicted octanol–water partition coefficient (Wildman–Crippen LogP) is 1.57. The van der Waals surface area contributed by atoms with Crippen LogP contribution in [0.15, 0.2) is 0 Å². The van der Waals surface area contributed by atoms with Gasteiger partial charge in [0.1, 0.15) is 0 Å². The van der Waals surface area contributed by atoms with Crippen LogP contribution in [-0.2, 0) is 9.53 Å². The third kappa shape index (κ3) is 11.5. The Labute approximate surface area is 98.7 Å². The van der Waals surface area contributed by atoms with Crippen molar-refractivity contribution in [1.82, 2.24) is 0 Å². The van der Waals surface area contributed by atoms with Gasteiger partial charge in [0, 0.05) is 6.42 Å². The summed E-state index contributed by atoms with van der Waals surface area (Å²) in [7, 11) is 0. The molecule has 0 radical (unpaired) electrons. The molecule has 0 bridgehead atoms. The van der Waals surface area contributed by atoms with Crippen LogP contribution >= 0.6 is 0 Å². The van der Waals surface area contributed by atoms with E-state index >= 15 is 0 Å². The first-order valence-electron chi connectivity index (χ1n) is 6.37. The molecule has 1 rings (SSSR count). The van der Waals surface area contributed by atoms with Gasteiger partial charge < -0.3 is 16.2 Å². The second-order valence-corrected chi connectivity index (χ2v) is 4.02. The minimum atomic E-state index is -0.0255. The summed E-state index contributed by atoms with van der Waals surface area (Å²) in [6, 6.07) is 0. The lowest BCUT2D eigenvalue weighted by atomic mass is 10.2. The number of nitrogens with two attached hydrogens (primary N) is 2. The fourth-order valence-corrected chi connectivity index (χ4v) is 1.45. The third-order valence-electron chi connectivity index (χ3n) is 2.45. The Morgan fingerprint density at radius 3 is 2.12 bits per heavy atom. The van der Waals surface area contributed by atoms with Crippen molar-refractivity contribution < 1.29 is 9.53 Å². The SMILES string of the molecule is NCCCCCCN.O=C1CCCCCO1. The molecule has 0 spiro atoms. The number of unbranched alkanes of at least 4 members (excludes halogenated alkanes) is 3. The van der Waals surface area contributed by atoms with E-state index in [1.807, 2.05) is 0 Å². The maximum absolute atomic E-state index is 10.5. The summed E-state index contributed by atoms with van der Waals surface area (Å²) < 4.78 is 4.76. The largest absolute Gasteiger partial charge is 0.466 e. The van der Waals surface area contributed by atoms with Gasteiger partial charge in [-0.05, 0) is 45.2 Å². The number of carbonyl (C=O) groups is 1. The first-order chi connectivity index (χ1) is 7.81. The standard InChI is InChI=1S/C6H16N2.C6H10O2/c7-5-3-1-2-4-6-8;7-6-4-2-1-3-5-8-6/h1-8H2;1-5H2. The summed E-state index contributed by atoms with van der Waals surface area (Å²) in [6.07, 6.45) is 8.62. The lowest BCUT2D eigenvalue weighted by Gasteiger charge is -1.94. The van der Waals surface area contributed by atoms with Gasteiger partial charge in [-0.25, -0.2) is 0 Å². The Hall–Kier alpha value is -0.610. The molecule has 1 fully saturated rings. The third-order valence-corrected chi connectivity index (χ3v) is 2.45. The molecule has 1 saturated heterocycles. The number of hydrogen-bond donors (Lipinski definition) is 2. The molecule has 4 nitrogen and oxygen atoms in total. The summed E-state index contributed by atoms with van der Waals surface area (Å²) in [5, 5.41) is 0. The molecule has 0 amide bonds. The topological polar surface area (TPSA) is 78.3 Å². The van der Waals surface area contributed by atoms with Crippen molar-refractivity contribution >= 4 is 5.97 Å². The van der Waals surface area contributed by atoms with E-state index in [-0.39, 0.29) is 5.97 Å². The Morgan fingerprint density at radius 1 is 0.938 bits per heavy atom. The molecule has 0 aromatic heterocycles. The van der Waals surface area contributed by atoms with E-state index < -0.39 is 0 Å². The van der Waals surface area contributed by atoms with Crippen LogP contribution in [0.3, 0.4) is 0 Å². The minimum Gasteiger partial charge on any atom is -0.466 e. The van der Waals surface area contributed by atoms with Crippen LogP contribution in [0.1, 0.15) is 51.4 Å². The number of ether oxygens (including phenoxy) is 1. The van der Waals surface area contributed by atoms with Crippen LogP contribution in [0.4, 0.5) is 0 Å². The van der Waals surface area contributed by atoms with Crippen LogP contribution in [0.2, 0.25) is 0 Å². The van der Waals surface area contributed by atoms with Gasteiger partial charge in [-0.2, -0.15) is 0 Å². The molecule has 0 aromatic rings. The highest BCUT2D eigenvalue weighted by Crippen LogP contribution is 2.06. The van der Waals surface area contributed by atoms with Gasteiger partial charge in [0.2, 0.25) is 0 Å². The van der Waals surface area contributed by atoms with Crippen LogP contribution in [0.5, 0.6) is 0 Å². The van der Waals surface area contributed by atoms with E-state index in [2.05, 4.69) is 0 Å². The highest BCUT2D eigenvalue weighted by molar-refractivity contribution is 5.69. The van der Waals surface area contributed by atoms with Crippen molar-refractivity contribution in [3.63, 3.8) is 0 Å². The Kier molecular flexibility index (Phi) is 12.0. The molecule has 0 atom stereocenters. The van der Waals surface area contributed by atoms with Gasteiger partial charge in [-0.3, -0.25) is 4.79 Å². The summed E-state index contributed by atoms with van der Waals surface area (Å²) in [5.74, 6) is -0.0255. The quantitative estimate of drug-likeness (QED) is 0.555. The number of esters is 1. The maximum Gasteiger partial charge on any atom is 0.305 e. The molecular formula is C12H26N2O2. The molecule has 1 aliphatic heterocycles. The van der Waals surface area contributed by atoms with E-state index in [0.29, 0.717) is 13.0 Å². The zero-order valence-corrected chi connectivity index (χ0v) is 10.2. The molecule has 16 heavy (non-hydrogen) atoms. The van der Waals surface area contributed by atoms with Crippen molar-refractivity contribution in [1.29, 1.82) is 0 Å². The summed E-state index contributed by atoms with van der Waals surface area (Å²) in [4.78, 5) is 10.5. The fourth-order valence-electron chi connectivity index (χ4n) is 1.45. The molecule has 1 heterocycles. The van der Waals surface area contributed by atoms with Gasteiger partial charge in [-0.15, -0.1) is 0 Å². The smallest absolute Gasteiger partial charge is 0.305 e. The van der Waals surface area contributed by atoms with Gasteiger partial charge >= 0.3 is 5.97 Å². The number of cyclic esters (lactones) is 1. The predicted molar refractivity (Wildman–Crippen MR) is 66.0 cm³/mol. The van der Waals surface area contributed by atoms with Crippen LogP contribution in [0, 0.1) is 0 Å². The van der Waals surface area contributed by atoms with Gasteiger partial charge in [0.15, 0.2) is 0 Å². The molecular weight excluding hydrogens is 204 g/mol. The van der Waals surface area contributed by atoms with Gasteiger partial charge in [0.25, 0.3) is 0 Å². The molecule has 0 aromatic carbocycles. The zero-order valence-electron chi connectivity index (χ0n) is 10.2. The summed E-state index contributed by atoms with van der Waals surface area (Å²) in [5.41, 5.74) is 10.6. The van der Waals surface area contributed by atoms with Crippen LogP contribution in [-0.4, -0.2) is 25.7 Å². The monoisotopic (exact) mass is 230 g/mol. The highest BCUT2D eigenvalue weighted by Gasteiger charge is 2.05. The minimum absolute atomic E-state index is 0.0255. The second-order valence-electron chi connectivity index (χ2n) is 4.02. The lowest BCUT2D eigenvalue weighted by Crippen LogP contribution is -2.00. The van der Waals surface area contributed by atoms with Crippen molar-refractivity contribution in [2.75, 3.05) is 19.7 Å². The van der Waals surface area contributed by atoms with Gasteiger partial charge in [0.05, 0.1) is 6.61 Å². The van der Waals surface area contributed by atoms with E-state index in [4.69, 9.17) is 16.2 Å². The lowest BCUT2D eigenvalue weighted by molar-refractivity contribution is -0.142. The average molecular weight is 230 g/mol. The van der Waals surface area contributed by atoms with Crippen molar-refractivity contribution in [3.8, 4) is 0 Å². The van der Waals surface area contributed by atoms with Crippen LogP contribution in [0.25, 0.3) is 0 Å². The maximum atomic E-state index is 10.5. The van der Waals surface area contributed by atoms with Crippen molar-refractivity contribution in [2.45, 2.75) is 51.4 Å². The number of hydrogen-bond acceptors (Lipinski definition) is 4. The first kappa shape index (κ1) is 15.4. The van der Waals surface area contributed by atoms with Crippen molar-refractivity contribution in [2.24, 2.45) is 11.5 Å². The molecule has 0 unspecified atom stereocenters. The number of rotatable bonds is 5. The Morgan fingerprint density at radius 2 is 1.56 bits per heavy atom. The van der Waals surface area contributed by atoms with Crippen molar-refractivity contribution in [3.05, 3.63) is 0 Å². The molecule has 0 saturated carbocycles. The molecule has 96 valence electrons. The summed E-state index contributed by atoms with van der Waals surface area (Å²) in [6.45, 7) is 2.29. The summed E-state index contributed by atoms with van der Waals surface area (Å²) >= 11 is 0. The zero-order chi connectivity index (χ0) is 12.1. The highest BCUT2D eigenvalue weighted by atomic mass is 16.5. The number of carbonyl (C=O) groups excluding carboxylic acids is 1. The molecule has 1 aliphatic rings. The van der Waals surface area contributed by atoms with E-state index in [1.54, 1.807) is 0 Å². The molecule has 4 N–H and O–H groups in total. The Balaban J connectivity index is 0.000000281. The van der Waals surface area contributed by atoms with E-state index in [1.165, 1.54) is 12.8 Å². The Bertz CT molecular complexity index is 147. The first-order valence-corrected chi connectivity index (χ1v) is 6.37. The average Bonchev–Trinajstić information content (AvgIpc) is 2.53. The molecule has 4 heteroatoms.